The van der Waals surface area contributed by atoms with Gasteiger partial charge in [0.2, 0.25) is 0 Å². The lowest BCUT2D eigenvalue weighted by Crippen LogP contribution is -2.38. The highest BCUT2D eigenvalue weighted by atomic mass is 15.1. The van der Waals surface area contributed by atoms with Crippen LogP contribution in [0.25, 0.3) is 0 Å². The van der Waals surface area contributed by atoms with Gasteiger partial charge in [0.05, 0.1) is 0 Å². The third-order valence-electron chi connectivity index (χ3n) is 3.49. The number of aryl methyl sites for hydroxylation is 1. The van der Waals surface area contributed by atoms with Crippen molar-refractivity contribution in [2.45, 2.75) is 27.2 Å². The lowest BCUT2D eigenvalue weighted by molar-refractivity contribution is 0.329. The van der Waals surface area contributed by atoms with Crippen molar-refractivity contribution < 1.29 is 0 Å². The van der Waals surface area contributed by atoms with Crippen LogP contribution in [0.3, 0.4) is 0 Å². The first-order valence-electron chi connectivity index (χ1n) is 5.99. The van der Waals surface area contributed by atoms with Crippen molar-refractivity contribution in [1.29, 1.82) is 0 Å². The number of anilines is 1. The molecule has 0 bridgehead atoms. The maximum absolute atomic E-state index is 5.86. The zero-order valence-corrected chi connectivity index (χ0v) is 11.0. The van der Waals surface area contributed by atoms with Crippen molar-refractivity contribution in [3.63, 3.8) is 0 Å². The van der Waals surface area contributed by atoms with Crippen LogP contribution >= 0.6 is 0 Å². The van der Waals surface area contributed by atoms with Gasteiger partial charge in [-0.05, 0) is 36.9 Å². The molecule has 0 saturated carbocycles. The van der Waals surface area contributed by atoms with E-state index in [-0.39, 0.29) is 5.41 Å². The molecule has 1 aromatic rings. The summed E-state index contributed by atoms with van der Waals surface area (Å²) in [5.41, 5.74) is 8.68. The summed E-state index contributed by atoms with van der Waals surface area (Å²) < 4.78 is 0. The molecule has 0 radical (unpaired) electrons. The van der Waals surface area contributed by atoms with Crippen molar-refractivity contribution >= 4 is 5.69 Å². The molecule has 90 valence electrons. The van der Waals surface area contributed by atoms with Gasteiger partial charge in [-0.2, -0.15) is 0 Å². The van der Waals surface area contributed by atoms with Gasteiger partial charge in [0.1, 0.15) is 0 Å². The van der Waals surface area contributed by atoms with Crippen molar-refractivity contribution in [3.8, 4) is 0 Å². The summed E-state index contributed by atoms with van der Waals surface area (Å²) in [5, 5.41) is 0. The summed E-state index contributed by atoms with van der Waals surface area (Å²) in [6, 6.07) is 8.48. The average molecular weight is 220 g/mol. The molecule has 2 heteroatoms. The van der Waals surface area contributed by atoms with Crippen LogP contribution in [0.4, 0.5) is 5.69 Å². The van der Waals surface area contributed by atoms with Crippen LogP contribution in [0, 0.1) is 12.3 Å². The molecule has 1 unspecified atom stereocenters. The third-order valence-corrected chi connectivity index (χ3v) is 3.49. The number of hydrogen-bond acceptors (Lipinski definition) is 2. The standard InChI is InChI=1S/C14H24N2/c1-5-14(3,10-15)11-16(4)13-9-7-6-8-12(13)2/h6-9H,5,10-11,15H2,1-4H3. The lowest BCUT2D eigenvalue weighted by atomic mass is 9.87. The molecule has 0 aliphatic heterocycles. The predicted octanol–water partition coefficient (Wildman–Crippen LogP) is 2.81. The lowest BCUT2D eigenvalue weighted by Gasteiger charge is -2.33. The van der Waals surface area contributed by atoms with E-state index in [0.717, 1.165) is 19.5 Å². The Morgan fingerprint density at radius 3 is 2.44 bits per heavy atom. The number of nitrogens with two attached hydrogens (primary N) is 1. The number of nitrogens with zero attached hydrogens (tertiary/aromatic N) is 1. The van der Waals surface area contributed by atoms with E-state index >= 15 is 0 Å². The summed E-state index contributed by atoms with van der Waals surface area (Å²) in [5.74, 6) is 0. The second-order valence-electron chi connectivity index (χ2n) is 5.01. The molecule has 0 heterocycles. The van der Waals surface area contributed by atoms with Crippen molar-refractivity contribution in [2.24, 2.45) is 11.1 Å². The maximum atomic E-state index is 5.86. The molecule has 0 spiro atoms. The molecule has 1 rings (SSSR count). The Morgan fingerprint density at radius 2 is 1.94 bits per heavy atom. The minimum Gasteiger partial charge on any atom is -0.374 e. The average Bonchev–Trinajstić information content (AvgIpc) is 2.29. The summed E-state index contributed by atoms with van der Waals surface area (Å²) in [4.78, 5) is 2.31. The highest BCUT2D eigenvalue weighted by Crippen LogP contribution is 2.25. The minimum absolute atomic E-state index is 0.205. The zero-order valence-electron chi connectivity index (χ0n) is 11.0. The fraction of sp³-hybridized carbons (Fsp3) is 0.571. The normalized spacial score (nSPS) is 14.6. The third kappa shape index (κ3) is 2.99. The van der Waals surface area contributed by atoms with Crippen LogP contribution in [0.2, 0.25) is 0 Å². The van der Waals surface area contributed by atoms with Crippen molar-refractivity contribution in [1.82, 2.24) is 0 Å². The summed E-state index contributed by atoms with van der Waals surface area (Å²) >= 11 is 0. The fourth-order valence-corrected chi connectivity index (χ4v) is 1.97. The van der Waals surface area contributed by atoms with E-state index in [1.165, 1.54) is 11.3 Å². The number of para-hydroxylation sites is 1. The highest BCUT2D eigenvalue weighted by Gasteiger charge is 2.22. The zero-order chi connectivity index (χ0) is 12.2. The van der Waals surface area contributed by atoms with Gasteiger partial charge < -0.3 is 10.6 Å². The van der Waals surface area contributed by atoms with Gasteiger partial charge in [-0.25, -0.2) is 0 Å². The van der Waals surface area contributed by atoms with Crippen LogP contribution < -0.4 is 10.6 Å². The van der Waals surface area contributed by atoms with E-state index in [9.17, 15) is 0 Å². The SMILES string of the molecule is CCC(C)(CN)CN(C)c1ccccc1C. The molecule has 1 atom stereocenters. The summed E-state index contributed by atoms with van der Waals surface area (Å²) in [6.45, 7) is 8.35. The molecule has 0 fully saturated rings. The first-order chi connectivity index (χ1) is 7.52. The monoisotopic (exact) mass is 220 g/mol. The molecular formula is C14H24N2. The second-order valence-corrected chi connectivity index (χ2v) is 5.01. The van der Waals surface area contributed by atoms with Crippen LogP contribution in [-0.4, -0.2) is 20.1 Å². The number of rotatable bonds is 5. The maximum Gasteiger partial charge on any atom is 0.0393 e. The summed E-state index contributed by atoms with van der Waals surface area (Å²) in [7, 11) is 2.14. The molecule has 1 aromatic carbocycles. The molecule has 0 amide bonds. The first kappa shape index (κ1) is 13.0. The van der Waals surface area contributed by atoms with E-state index in [1.54, 1.807) is 0 Å². The number of hydrogen-bond donors (Lipinski definition) is 1. The van der Waals surface area contributed by atoms with Gasteiger partial charge in [0.25, 0.3) is 0 Å². The first-order valence-corrected chi connectivity index (χ1v) is 5.99. The fourth-order valence-electron chi connectivity index (χ4n) is 1.97. The van der Waals surface area contributed by atoms with E-state index in [0.29, 0.717) is 0 Å². The van der Waals surface area contributed by atoms with Crippen molar-refractivity contribution in [3.05, 3.63) is 29.8 Å². The Hall–Kier alpha value is -1.02. The van der Waals surface area contributed by atoms with Gasteiger partial charge in [-0.3, -0.25) is 0 Å². The van der Waals surface area contributed by atoms with Gasteiger partial charge in [0, 0.05) is 19.3 Å². The predicted molar refractivity (Wildman–Crippen MR) is 71.9 cm³/mol. The Bertz CT molecular complexity index is 329. The minimum atomic E-state index is 0.205. The molecule has 2 N–H and O–H groups in total. The van der Waals surface area contributed by atoms with Crippen LogP contribution in [0.5, 0.6) is 0 Å². The molecule has 0 aliphatic carbocycles. The Balaban J connectivity index is 2.80. The van der Waals surface area contributed by atoms with Gasteiger partial charge in [0.15, 0.2) is 0 Å². The van der Waals surface area contributed by atoms with Crippen LogP contribution in [0.1, 0.15) is 25.8 Å². The molecule has 16 heavy (non-hydrogen) atoms. The van der Waals surface area contributed by atoms with E-state index in [2.05, 4.69) is 57.0 Å². The van der Waals surface area contributed by atoms with E-state index in [4.69, 9.17) is 5.73 Å². The van der Waals surface area contributed by atoms with Crippen molar-refractivity contribution in [2.75, 3.05) is 25.0 Å². The highest BCUT2D eigenvalue weighted by molar-refractivity contribution is 5.52. The Morgan fingerprint density at radius 1 is 1.31 bits per heavy atom. The van der Waals surface area contributed by atoms with E-state index < -0.39 is 0 Å². The quantitative estimate of drug-likeness (QED) is 0.826. The summed E-state index contributed by atoms with van der Waals surface area (Å²) in [6.07, 6.45) is 1.11. The second kappa shape index (κ2) is 5.35. The topological polar surface area (TPSA) is 29.3 Å². The van der Waals surface area contributed by atoms with Gasteiger partial charge in [-0.15, -0.1) is 0 Å². The molecule has 2 nitrogen and oxygen atoms in total. The molecule has 0 aliphatic rings. The molecule has 0 aromatic heterocycles. The largest absolute Gasteiger partial charge is 0.374 e. The smallest absolute Gasteiger partial charge is 0.0393 e. The van der Waals surface area contributed by atoms with Gasteiger partial charge >= 0.3 is 0 Å². The molecule has 0 saturated heterocycles. The van der Waals surface area contributed by atoms with Crippen LogP contribution in [0.15, 0.2) is 24.3 Å². The van der Waals surface area contributed by atoms with E-state index in [1.807, 2.05) is 0 Å². The van der Waals surface area contributed by atoms with Crippen LogP contribution in [-0.2, 0) is 0 Å². The molecular weight excluding hydrogens is 196 g/mol. The Labute approximate surface area is 99.5 Å². The number of benzene rings is 1. The Kier molecular flexibility index (Phi) is 4.36. The van der Waals surface area contributed by atoms with Gasteiger partial charge in [-0.1, -0.05) is 32.0 Å².